The maximum absolute atomic E-state index is 16.6. The Kier molecular flexibility index (Phi) is 23.8. The van der Waals surface area contributed by atoms with Gasteiger partial charge in [0.1, 0.15) is 43.6 Å². The number of carbonyl (C=O) groups is 8. The van der Waals surface area contributed by atoms with Crippen molar-refractivity contribution in [2.45, 2.75) is 115 Å². The van der Waals surface area contributed by atoms with Crippen molar-refractivity contribution < 1.29 is 104 Å². The second-order valence-electron chi connectivity index (χ2n) is 22.4. The van der Waals surface area contributed by atoms with Crippen molar-refractivity contribution in [3.8, 4) is 0 Å². The lowest BCUT2D eigenvalue weighted by atomic mass is 9.89. The van der Waals surface area contributed by atoms with Gasteiger partial charge in [0, 0.05) is 50.4 Å². The lowest BCUT2D eigenvalue weighted by Crippen LogP contribution is -2.46. The number of ether oxygens (including phenoxy) is 5. The zero-order chi connectivity index (χ0) is 68.5. The second kappa shape index (κ2) is 31.5. The minimum absolute atomic E-state index is 0.00375. The van der Waals surface area contributed by atoms with Gasteiger partial charge in [-0.3, -0.25) is 52.4 Å². The van der Waals surface area contributed by atoms with Crippen molar-refractivity contribution in [1.82, 2.24) is 59.5 Å². The molecule has 4 fully saturated rings. The van der Waals surface area contributed by atoms with Crippen molar-refractivity contribution in [2.24, 2.45) is 23.5 Å². The Balaban J connectivity index is 0.723. The normalized spacial score (nSPS) is 26.0. The molecule has 1 aromatic carbocycles. The lowest BCUT2D eigenvalue weighted by molar-refractivity contribution is -0.336. The van der Waals surface area contributed by atoms with Gasteiger partial charge in [0.25, 0.3) is 0 Å². The molecule has 4 saturated heterocycles. The number of nitrogens with one attached hydrogen (secondary N) is 4. The molecule has 5 aromatic rings. The van der Waals surface area contributed by atoms with E-state index < -0.39 is 117 Å². The van der Waals surface area contributed by atoms with Crippen LogP contribution in [0.3, 0.4) is 0 Å². The van der Waals surface area contributed by atoms with Crippen LogP contribution in [0.1, 0.15) is 70.9 Å². The molecule has 4 aliphatic rings. The van der Waals surface area contributed by atoms with Crippen LogP contribution in [0.15, 0.2) is 49.6 Å². The first-order valence-corrected chi connectivity index (χ1v) is 34.6. The first-order valence-electron chi connectivity index (χ1n) is 29.4. The Labute approximate surface area is 548 Å². The summed E-state index contributed by atoms with van der Waals surface area (Å²) in [5.41, 5.74) is 11.9. The summed E-state index contributed by atoms with van der Waals surface area (Å²) in [5, 5.41) is 10.4. The number of ketones is 1. The smallest absolute Gasteiger partial charge is 0.412 e. The molecule has 95 heavy (non-hydrogen) atoms. The average molecular weight is 1410 g/mol. The first-order chi connectivity index (χ1) is 45.2. The standard InChI is InChI=1S/C53H68F2N16O20P2S2/c1-26(2)37(66-33(73)11-15-82-16-14-69-34(74)18-27(3)47(69)76)31(72)19-29(6-5-12-58-51(57)77)46(75)65-30-9-7-28(8-10-30)20-84-53(79)68(4)13-17-83-52(78)67-43-39-45(62-23-60-43)71(25-64-39)49-36(55)41-50(87-49)88-91-93(81,95)89-40-32(21-85-92(80,94)90-41)86-48(35(40)54)70-24-63-38-42(56)59-22-61-44(38)70/h7-10,22-27,29,32,35-37,40-41,48-50H,5-6,11-21H2,1-4H3,(H,65,75)(H,66,73)(H,80,94)(H,81,95)(H2,56,59,61)(H3,57,58,77)(H,60,62,67,78)/t27?,29-,32-,35-,36-,37+,40-,41+,48-,49-,50-,92?,93?/m1/s1. The number of halogens is 2. The van der Waals surface area contributed by atoms with Gasteiger partial charge in [-0.1, -0.05) is 32.9 Å². The fourth-order valence-corrected chi connectivity index (χ4v) is 12.9. The molecule has 4 aromatic heterocycles. The molecule has 3 unspecified atom stereocenters. The largest absolute Gasteiger partial charge is 0.447 e. The number of nitrogens with zero attached hydrogens (tertiary/aromatic N) is 10. The fourth-order valence-electron chi connectivity index (χ4n) is 10.3. The third-order valence-corrected chi connectivity index (χ3v) is 18.0. The number of primary amides is 1. The van der Waals surface area contributed by atoms with Gasteiger partial charge in [0.15, 0.2) is 65.1 Å². The molecule has 36 nitrogen and oxygen atoms in total. The van der Waals surface area contributed by atoms with Crippen molar-refractivity contribution in [3.05, 3.63) is 55.1 Å². The molecule has 0 spiro atoms. The third kappa shape index (κ3) is 18.1. The zero-order valence-corrected chi connectivity index (χ0v) is 54.5. The number of anilines is 3. The molecule has 516 valence electrons. The summed E-state index contributed by atoms with van der Waals surface area (Å²) in [7, 11) is 1.39. The summed E-state index contributed by atoms with van der Waals surface area (Å²) in [6.45, 7) is -5.25. The van der Waals surface area contributed by atoms with Crippen molar-refractivity contribution >= 4 is 124 Å². The summed E-state index contributed by atoms with van der Waals surface area (Å²) in [4.78, 5) is 156. The van der Waals surface area contributed by atoms with Crippen molar-refractivity contribution in [3.63, 3.8) is 0 Å². The summed E-state index contributed by atoms with van der Waals surface area (Å²) >= 11 is 10.3. The highest BCUT2D eigenvalue weighted by Gasteiger charge is 2.55. The Bertz CT molecular complexity index is 3750. The van der Waals surface area contributed by atoms with E-state index in [0.29, 0.717) is 11.3 Å². The SMILES string of the molecule is CC1CC(=O)N(CCOCCC(=O)N[C@H](C(=O)C[C@@H](CCCNC(N)=O)C(=O)Nc2ccc(COC(=O)N(C)CCOC(=O)Nc3ncnc4c3ncn4[C@@H]3O[C@@H]4OOP(O)(=S)O[C@H]5[C@@H](F)[C@H](n6cnc7c(N)ncnc76)O[C@@H]5COP(O)(=S)O[C@H]4[C@H]3F)cc2)C(C)C)C1=O. The Hall–Kier alpha value is -7.56. The van der Waals surface area contributed by atoms with Gasteiger partial charge in [-0.15, -0.1) is 4.67 Å². The van der Waals surface area contributed by atoms with Crippen LogP contribution in [0.25, 0.3) is 22.3 Å². The number of amides is 8. The van der Waals surface area contributed by atoms with Gasteiger partial charge < -0.3 is 70.3 Å². The van der Waals surface area contributed by atoms with Gasteiger partial charge in [0.05, 0.1) is 51.6 Å². The molecule has 42 heteroatoms. The molecule has 4 aliphatic heterocycles. The van der Waals surface area contributed by atoms with Gasteiger partial charge in [-0.05, 0) is 60.1 Å². The molecule has 0 radical (unpaired) electrons. The number of imidazole rings is 2. The Morgan fingerprint density at radius 3 is 2.23 bits per heavy atom. The monoisotopic (exact) mass is 1410 g/mol. The molecule has 9 rings (SSSR count). The van der Waals surface area contributed by atoms with Crippen LogP contribution in [0.4, 0.5) is 40.5 Å². The van der Waals surface area contributed by atoms with Crippen LogP contribution in [0, 0.1) is 17.8 Å². The molecular formula is C53H68F2N16O20P2S2. The Morgan fingerprint density at radius 1 is 0.863 bits per heavy atom. The van der Waals surface area contributed by atoms with Crippen molar-refractivity contribution in [1.29, 1.82) is 0 Å². The number of carbonyl (C=O) groups excluding carboxylic acids is 8. The van der Waals surface area contributed by atoms with Gasteiger partial charge in [0.2, 0.25) is 29.9 Å². The van der Waals surface area contributed by atoms with Gasteiger partial charge in [-0.2, -0.15) is 4.89 Å². The molecule has 0 aliphatic carbocycles. The fraction of sp³-hybridized carbons (Fsp3) is 0.547. The number of fused-ring (bicyclic) bond motifs is 4. The third-order valence-electron chi connectivity index (χ3n) is 15.2. The van der Waals surface area contributed by atoms with E-state index in [1.807, 2.05) is 0 Å². The second-order valence-corrected chi connectivity index (χ2v) is 27.9. The number of hydrogen-bond acceptors (Lipinski definition) is 27. The van der Waals surface area contributed by atoms with Crippen molar-refractivity contribution in [2.75, 3.05) is 69.5 Å². The highest BCUT2D eigenvalue weighted by atomic mass is 32.5. The number of rotatable bonds is 25. The Morgan fingerprint density at radius 2 is 1.54 bits per heavy atom. The maximum atomic E-state index is 16.6. The molecule has 13 atom stereocenters. The van der Waals surface area contributed by atoms with E-state index in [-0.39, 0.29) is 136 Å². The number of aromatic nitrogens is 8. The maximum Gasteiger partial charge on any atom is 0.412 e. The molecule has 8 heterocycles. The lowest BCUT2D eigenvalue weighted by Gasteiger charge is -2.29. The minimum Gasteiger partial charge on any atom is -0.447 e. The first kappa shape index (κ1) is 71.7. The minimum atomic E-state index is -4.64. The quantitative estimate of drug-likeness (QED) is 0.0180. The molecule has 0 saturated carbocycles. The number of Topliss-reactive ketones (excluding diaryl/α,β-unsaturated/α-hetero) is 1. The number of hydrogen-bond donors (Lipinski definition) is 8. The van der Waals surface area contributed by atoms with Crippen LogP contribution in [-0.2, 0) is 101 Å². The predicted octanol–water partition coefficient (Wildman–Crippen LogP) is 2.58. The number of benzene rings is 1. The number of alkyl halides is 2. The molecule has 0 bridgehead atoms. The van der Waals surface area contributed by atoms with E-state index >= 15 is 8.78 Å². The zero-order valence-electron chi connectivity index (χ0n) is 51.1. The van der Waals surface area contributed by atoms with E-state index in [2.05, 4.69) is 51.2 Å². The molecular weight excluding hydrogens is 1340 g/mol. The summed E-state index contributed by atoms with van der Waals surface area (Å²) < 4.78 is 84.7. The topological polar surface area (TPSA) is 463 Å². The summed E-state index contributed by atoms with van der Waals surface area (Å²) in [5.74, 6) is -3.82. The van der Waals surface area contributed by atoms with E-state index in [1.165, 1.54) is 17.9 Å². The molecule has 10 N–H and O–H groups in total. The number of imide groups is 1. The number of nitrogen functional groups attached to an aromatic ring is 1. The summed E-state index contributed by atoms with van der Waals surface area (Å²) in [6, 6.07) is 4.57. The molecule has 8 amide bonds. The van der Waals surface area contributed by atoms with E-state index in [4.69, 9.17) is 81.9 Å². The van der Waals surface area contributed by atoms with Crippen LogP contribution >= 0.6 is 13.4 Å². The van der Waals surface area contributed by atoms with E-state index in [9.17, 15) is 48.1 Å². The summed E-state index contributed by atoms with van der Waals surface area (Å²) in [6.07, 6.45) is -12.2. The van der Waals surface area contributed by atoms with Crippen LogP contribution < -0.4 is 32.7 Å². The van der Waals surface area contributed by atoms with Gasteiger partial charge >= 0.3 is 31.7 Å². The highest BCUT2D eigenvalue weighted by molar-refractivity contribution is 8.07. The van der Waals surface area contributed by atoms with Crippen LogP contribution in [0.2, 0.25) is 0 Å². The highest BCUT2D eigenvalue weighted by Crippen LogP contribution is 2.55. The van der Waals surface area contributed by atoms with Gasteiger partial charge in [-0.25, -0.2) is 53.1 Å². The number of likely N-dealkylation sites (N-methyl/N-ethyl adjacent to an activating group) is 1. The predicted molar refractivity (Wildman–Crippen MR) is 329 cm³/mol. The number of urea groups is 1. The number of nitrogens with two attached hydrogens (primary N) is 2. The van der Waals surface area contributed by atoms with Crippen LogP contribution in [-0.4, -0.2) is 202 Å². The number of likely N-dealkylation sites (tertiary alicyclic amines) is 1. The average Bonchev–Trinajstić information content (AvgIpc) is 1.62. The van der Waals surface area contributed by atoms with E-state index in [1.54, 1.807) is 45.0 Å². The van der Waals surface area contributed by atoms with E-state index in [0.717, 1.165) is 33.3 Å². The van der Waals surface area contributed by atoms with Crippen LogP contribution in [0.5, 0.6) is 0 Å².